The van der Waals surface area contributed by atoms with Gasteiger partial charge in [0, 0.05) is 19.8 Å². The molecule has 1 heterocycles. The van der Waals surface area contributed by atoms with Gasteiger partial charge >= 0.3 is 0 Å². The molecule has 5 heteroatoms. The fourth-order valence-corrected chi connectivity index (χ4v) is 3.65. The average Bonchev–Trinajstić information content (AvgIpc) is 2.46. The van der Waals surface area contributed by atoms with Crippen LogP contribution in [-0.2, 0) is 9.53 Å². The molecule has 0 unspecified atom stereocenters. The van der Waals surface area contributed by atoms with Crippen molar-refractivity contribution in [2.45, 2.75) is 51.9 Å². The zero-order chi connectivity index (χ0) is 14.6. The lowest BCUT2D eigenvalue weighted by Crippen LogP contribution is -2.53. The summed E-state index contributed by atoms with van der Waals surface area (Å²) >= 11 is 5.16. The Balaban J connectivity index is 1.96. The summed E-state index contributed by atoms with van der Waals surface area (Å²) in [5.41, 5.74) is 5.40. The summed E-state index contributed by atoms with van der Waals surface area (Å²) in [5, 5.41) is 3.12. The molecular weight excluding hydrogens is 272 g/mol. The van der Waals surface area contributed by atoms with Crippen LogP contribution in [0.4, 0.5) is 0 Å². The number of thiocarbonyl (C=S) groups is 1. The van der Waals surface area contributed by atoms with E-state index < -0.39 is 5.41 Å². The topological polar surface area (TPSA) is 64.4 Å². The monoisotopic (exact) mass is 298 g/mol. The molecule has 0 aromatic heterocycles. The Morgan fingerprint density at radius 1 is 1.20 bits per heavy atom. The molecule has 0 bridgehead atoms. The third kappa shape index (κ3) is 3.31. The zero-order valence-electron chi connectivity index (χ0n) is 12.4. The van der Waals surface area contributed by atoms with Crippen LogP contribution in [0.3, 0.4) is 0 Å². The van der Waals surface area contributed by atoms with Gasteiger partial charge in [-0.3, -0.25) is 4.79 Å². The molecule has 3 N–H and O–H groups in total. The van der Waals surface area contributed by atoms with Crippen molar-refractivity contribution in [2.24, 2.45) is 16.6 Å². The quantitative estimate of drug-likeness (QED) is 0.781. The highest BCUT2D eigenvalue weighted by Gasteiger charge is 2.43. The number of ether oxygens (including phenoxy) is 1. The summed E-state index contributed by atoms with van der Waals surface area (Å²) in [6.07, 6.45) is 7.43. The Morgan fingerprint density at radius 3 is 2.35 bits per heavy atom. The largest absolute Gasteiger partial charge is 0.392 e. The highest BCUT2D eigenvalue weighted by molar-refractivity contribution is 7.80. The molecule has 1 saturated heterocycles. The van der Waals surface area contributed by atoms with Gasteiger partial charge in [-0.2, -0.15) is 0 Å². The molecule has 0 aromatic carbocycles. The number of carbonyl (C=O) groups excluding carboxylic acids is 1. The molecule has 1 amide bonds. The van der Waals surface area contributed by atoms with Gasteiger partial charge in [0.1, 0.15) is 5.41 Å². The van der Waals surface area contributed by atoms with E-state index in [4.69, 9.17) is 22.7 Å². The first kappa shape index (κ1) is 15.7. The van der Waals surface area contributed by atoms with Gasteiger partial charge in [-0.15, -0.1) is 0 Å². The summed E-state index contributed by atoms with van der Waals surface area (Å²) in [6, 6.07) is 0. The minimum atomic E-state index is -0.696. The molecule has 0 spiro atoms. The molecule has 2 fully saturated rings. The van der Waals surface area contributed by atoms with Crippen molar-refractivity contribution < 1.29 is 9.53 Å². The molecule has 4 nitrogen and oxygen atoms in total. The smallest absolute Gasteiger partial charge is 0.233 e. The van der Waals surface area contributed by atoms with Crippen LogP contribution in [0.15, 0.2) is 0 Å². The van der Waals surface area contributed by atoms with E-state index in [0.717, 1.165) is 6.54 Å². The minimum absolute atomic E-state index is 0.0000912. The molecule has 0 aromatic rings. The van der Waals surface area contributed by atoms with Crippen molar-refractivity contribution in [1.82, 2.24) is 5.32 Å². The Kier molecular flexibility index (Phi) is 5.02. The molecule has 1 saturated carbocycles. The molecule has 0 radical (unpaired) electrons. The van der Waals surface area contributed by atoms with Crippen molar-refractivity contribution in [3.05, 3.63) is 0 Å². The average molecular weight is 298 g/mol. The van der Waals surface area contributed by atoms with Crippen LogP contribution in [0.5, 0.6) is 0 Å². The van der Waals surface area contributed by atoms with Gasteiger partial charge in [0.25, 0.3) is 0 Å². The second kappa shape index (κ2) is 6.39. The standard InChI is InChI=1S/C15H26N2O2S/c1-14(5-3-2-4-6-14)11-17-13(18)15(12(16)20)7-9-19-10-8-15/h2-11H2,1H3,(H2,16,20)(H,17,18). The molecule has 114 valence electrons. The van der Waals surface area contributed by atoms with E-state index in [1.54, 1.807) is 0 Å². The third-order valence-electron chi connectivity index (χ3n) is 4.99. The first-order valence-electron chi connectivity index (χ1n) is 7.65. The van der Waals surface area contributed by atoms with Crippen LogP contribution in [-0.4, -0.2) is 30.7 Å². The van der Waals surface area contributed by atoms with Gasteiger partial charge in [-0.1, -0.05) is 38.4 Å². The van der Waals surface area contributed by atoms with Crippen molar-refractivity contribution in [1.29, 1.82) is 0 Å². The predicted octanol–water partition coefficient (Wildman–Crippen LogP) is 2.16. The van der Waals surface area contributed by atoms with E-state index in [1.807, 2.05) is 0 Å². The van der Waals surface area contributed by atoms with Gasteiger partial charge < -0.3 is 15.8 Å². The molecule has 2 rings (SSSR count). The SMILES string of the molecule is CC1(CNC(=O)C2(C(N)=S)CCOCC2)CCCCC1. The lowest BCUT2D eigenvalue weighted by molar-refractivity contribution is -0.132. The van der Waals surface area contributed by atoms with Gasteiger partial charge in [0.2, 0.25) is 5.91 Å². The van der Waals surface area contributed by atoms with Crippen molar-refractivity contribution >= 4 is 23.1 Å². The van der Waals surface area contributed by atoms with Crippen molar-refractivity contribution in [3.8, 4) is 0 Å². The van der Waals surface area contributed by atoms with Crippen LogP contribution >= 0.6 is 12.2 Å². The normalized spacial score (nSPS) is 24.9. The van der Waals surface area contributed by atoms with Crippen molar-refractivity contribution in [3.63, 3.8) is 0 Å². The second-order valence-corrected chi connectivity index (χ2v) is 7.05. The van der Waals surface area contributed by atoms with Gasteiger partial charge in [-0.05, 0) is 31.1 Å². The maximum Gasteiger partial charge on any atom is 0.233 e. The van der Waals surface area contributed by atoms with E-state index >= 15 is 0 Å². The highest BCUT2D eigenvalue weighted by Crippen LogP contribution is 2.36. The van der Waals surface area contributed by atoms with E-state index in [-0.39, 0.29) is 11.3 Å². The number of nitrogens with one attached hydrogen (secondary N) is 1. The number of hydrogen-bond acceptors (Lipinski definition) is 3. The van der Waals surface area contributed by atoms with Gasteiger partial charge in [-0.25, -0.2) is 0 Å². The van der Waals surface area contributed by atoms with Crippen molar-refractivity contribution in [2.75, 3.05) is 19.8 Å². The highest BCUT2D eigenvalue weighted by atomic mass is 32.1. The van der Waals surface area contributed by atoms with Gasteiger partial charge in [0.15, 0.2) is 0 Å². The zero-order valence-corrected chi connectivity index (χ0v) is 13.2. The second-order valence-electron chi connectivity index (χ2n) is 6.61. The summed E-state index contributed by atoms with van der Waals surface area (Å²) < 4.78 is 5.34. The van der Waals surface area contributed by atoms with Crippen LogP contribution in [0.1, 0.15) is 51.9 Å². The van der Waals surface area contributed by atoms with E-state index in [2.05, 4.69) is 12.2 Å². The summed E-state index contributed by atoms with van der Waals surface area (Å²) in [7, 11) is 0. The van der Waals surface area contributed by atoms with Crippen LogP contribution in [0, 0.1) is 10.8 Å². The Labute approximate surface area is 126 Å². The molecule has 0 atom stereocenters. The first-order valence-corrected chi connectivity index (χ1v) is 8.05. The van der Waals surface area contributed by atoms with Crippen LogP contribution in [0.2, 0.25) is 0 Å². The minimum Gasteiger partial charge on any atom is -0.392 e. The summed E-state index contributed by atoms with van der Waals surface area (Å²) in [6.45, 7) is 4.12. The Hall–Kier alpha value is -0.680. The number of carbonyl (C=O) groups is 1. The predicted molar refractivity (Wildman–Crippen MR) is 83.5 cm³/mol. The Bertz CT molecular complexity index is 372. The maximum absolute atomic E-state index is 12.6. The summed E-state index contributed by atoms with van der Waals surface area (Å²) in [4.78, 5) is 12.9. The third-order valence-corrected chi connectivity index (χ3v) is 5.38. The first-order chi connectivity index (χ1) is 9.49. The molecular formula is C15H26N2O2S. The fraction of sp³-hybridized carbons (Fsp3) is 0.867. The number of hydrogen-bond donors (Lipinski definition) is 2. The lowest BCUT2D eigenvalue weighted by Gasteiger charge is -2.38. The number of amides is 1. The van der Waals surface area contributed by atoms with Crippen LogP contribution in [0.25, 0.3) is 0 Å². The van der Waals surface area contributed by atoms with E-state index in [9.17, 15) is 4.79 Å². The fourth-order valence-electron chi connectivity index (χ4n) is 3.35. The van der Waals surface area contributed by atoms with Gasteiger partial charge in [0.05, 0.1) is 4.99 Å². The molecule has 2 aliphatic rings. The summed E-state index contributed by atoms with van der Waals surface area (Å²) in [5.74, 6) is 0.0000912. The molecule has 20 heavy (non-hydrogen) atoms. The van der Waals surface area contributed by atoms with Crippen LogP contribution < -0.4 is 11.1 Å². The maximum atomic E-state index is 12.6. The molecule has 1 aliphatic heterocycles. The lowest BCUT2D eigenvalue weighted by atomic mass is 9.75. The number of rotatable bonds is 4. The molecule has 1 aliphatic carbocycles. The van der Waals surface area contributed by atoms with E-state index in [1.165, 1.54) is 32.1 Å². The number of nitrogens with two attached hydrogens (primary N) is 1. The Morgan fingerprint density at radius 2 is 1.80 bits per heavy atom. The van der Waals surface area contributed by atoms with E-state index in [0.29, 0.717) is 31.0 Å².